The van der Waals surface area contributed by atoms with E-state index in [0.717, 1.165) is 12.1 Å². The molecule has 0 bridgehead atoms. The van der Waals surface area contributed by atoms with Crippen molar-refractivity contribution in [2.75, 3.05) is 13.7 Å². The number of hydrogen-bond acceptors (Lipinski definition) is 3. The normalized spacial score (nSPS) is 11.4. The van der Waals surface area contributed by atoms with Crippen LogP contribution in [0.25, 0.3) is 0 Å². The highest BCUT2D eigenvalue weighted by molar-refractivity contribution is 6.29. The van der Waals surface area contributed by atoms with E-state index in [4.69, 9.17) is 16.3 Å². The zero-order valence-corrected chi connectivity index (χ0v) is 12.0. The van der Waals surface area contributed by atoms with Gasteiger partial charge in [-0.05, 0) is 32.4 Å². The van der Waals surface area contributed by atoms with Crippen LogP contribution < -0.4 is 5.32 Å². The molecule has 100 valence electrons. The number of carbonyl (C=O) groups excluding carboxylic acids is 1. The van der Waals surface area contributed by atoms with Gasteiger partial charge in [-0.1, -0.05) is 18.5 Å². The largest absolute Gasteiger partial charge is 0.377 e. The van der Waals surface area contributed by atoms with Gasteiger partial charge < -0.3 is 10.1 Å². The van der Waals surface area contributed by atoms with Gasteiger partial charge in [-0.2, -0.15) is 0 Å². The highest BCUT2D eigenvalue weighted by Gasteiger charge is 2.18. The predicted molar refractivity (Wildman–Crippen MR) is 72.0 cm³/mol. The molecule has 1 aromatic heterocycles. The minimum Gasteiger partial charge on any atom is -0.377 e. The summed E-state index contributed by atoms with van der Waals surface area (Å²) in [4.78, 5) is 16.1. The Labute approximate surface area is 113 Å². The molecular formula is C13H19ClN2O2. The number of aryl methyl sites for hydroxylation is 1. The second kappa shape index (κ2) is 6.16. The molecule has 0 radical (unpaired) electrons. The summed E-state index contributed by atoms with van der Waals surface area (Å²) >= 11 is 5.87. The van der Waals surface area contributed by atoms with Crippen molar-refractivity contribution in [1.82, 2.24) is 10.3 Å². The van der Waals surface area contributed by atoms with Gasteiger partial charge in [0.1, 0.15) is 5.15 Å². The Morgan fingerprint density at radius 2 is 2.17 bits per heavy atom. The molecule has 0 spiro atoms. The molecule has 0 saturated carbocycles. The lowest BCUT2D eigenvalue weighted by molar-refractivity contribution is 0.0229. The molecule has 0 aromatic carbocycles. The van der Waals surface area contributed by atoms with E-state index in [1.165, 1.54) is 0 Å². The number of hydrogen-bond donors (Lipinski definition) is 1. The summed E-state index contributed by atoms with van der Waals surface area (Å²) in [5.41, 5.74) is 0.942. The zero-order valence-electron chi connectivity index (χ0n) is 11.2. The number of aromatic nitrogens is 1. The van der Waals surface area contributed by atoms with Crippen LogP contribution in [0.1, 0.15) is 36.8 Å². The number of methoxy groups -OCH3 is 1. The van der Waals surface area contributed by atoms with E-state index >= 15 is 0 Å². The summed E-state index contributed by atoms with van der Waals surface area (Å²) < 4.78 is 5.24. The van der Waals surface area contributed by atoms with Crippen LogP contribution in [0, 0.1) is 0 Å². The van der Waals surface area contributed by atoms with Gasteiger partial charge in [-0.15, -0.1) is 0 Å². The Kier molecular flexibility index (Phi) is 5.11. The van der Waals surface area contributed by atoms with Crippen molar-refractivity contribution in [1.29, 1.82) is 0 Å². The monoisotopic (exact) mass is 270 g/mol. The maximum Gasteiger partial charge on any atom is 0.251 e. The number of carbonyl (C=O) groups is 1. The van der Waals surface area contributed by atoms with Gasteiger partial charge in [0, 0.05) is 24.9 Å². The van der Waals surface area contributed by atoms with Crippen LogP contribution in [0.4, 0.5) is 0 Å². The predicted octanol–water partition coefficient (Wildman–Crippen LogP) is 2.45. The van der Waals surface area contributed by atoms with Crippen LogP contribution in [-0.4, -0.2) is 30.1 Å². The summed E-state index contributed by atoms with van der Waals surface area (Å²) in [5.74, 6) is -0.167. The topological polar surface area (TPSA) is 51.2 Å². The van der Waals surface area contributed by atoms with Crippen molar-refractivity contribution < 1.29 is 9.53 Å². The van der Waals surface area contributed by atoms with E-state index in [2.05, 4.69) is 10.3 Å². The van der Waals surface area contributed by atoms with Crippen LogP contribution in [-0.2, 0) is 11.2 Å². The molecule has 4 nitrogen and oxygen atoms in total. The summed E-state index contributed by atoms with van der Waals surface area (Å²) in [5, 5.41) is 3.16. The Bertz CT molecular complexity index is 433. The second-order valence-electron chi connectivity index (χ2n) is 4.67. The van der Waals surface area contributed by atoms with E-state index in [1.807, 2.05) is 20.8 Å². The first-order valence-electron chi connectivity index (χ1n) is 5.88. The number of pyridine rings is 1. The Morgan fingerprint density at radius 1 is 1.50 bits per heavy atom. The molecule has 0 aliphatic heterocycles. The third-order valence-electron chi connectivity index (χ3n) is 2.70. The molecule has 1 heterocycles. The maximum atomic E-state index is 12.0. The van der Waals surface area contributed by atoms with Crippen LogP contribution in [0.15, 0.2) is 12.1 Å². The van der Waals surface area contributed by atoms with E-state index in [9.17, 15) is 4.79 Å². The molecule has 18 heavy (non-hydrogen) atoms. The van der Waals surface area contributed by atoms with Crippen molar-refractivity contribution in [2.24, 2.45) is 0 Å². The van der Waals surface area contributed by atoms with Crippen molar-refractivity contribution in [3.63, 3.8) is 0 Å². The first-order chi connectivity index (χ1) is 8.38. The molecule has 0 unspecified atom stereocenters. The highest BCUT2D eigenvalue weighted by atomic mass is 35.5. The average Bonchev–Trinajstić information content (AvgIpc) is 2.35. The standard InChI is InChI=1S/C13H19ClN2O2/c1-5-10-6-9(7-11(14)16-10)12(17)15-8-13(2,3)18-4/h6-7H,5,8H2,1-4H3,(H,15,17). The Hall–Kier alpha value is -1.13. The van der Waals surface area contributed by atoms with Crippen LogP contribution in [0.5, 0.6) is 0 Å². The van der Waals surface area contributed by atoms with Gasteiger partial charge in [0.05, 0.1) is 5.60 Å². The first-order valence-corrected chi connectivity index (χ1v) is 6.25. The zero-order chi connectivity index (χ0) is 13.8. The van der Waals surface area contributed by atoms with Gasteiger partial charge in [-0.3, -0.25) is 4.79 Å². The van der Waals surface area contributed by atoms with Crippen LogP contribution in [0.3, 0.4) is 0 Å². The van der Waals surface area contributed by atoms with Crippen molar-refractivity contribution in [2.45, 2.75) is 32.8 Å². The Morgan fingerprint density at radius 3 is 2.72 bits per heavy atom. The van der Waals surface area contributed by atoms with Crippen molar-refractivity contribution in [3.8, 4) is 0 Å². The molecule has 1 aromatic rings. The molecule has 1 amide bonds. The van der Waals surface area contributed by atoms with Crippen molar-refractivity contribution >= 4 is 17.5 Å². The first kappa shape index (κ1) is 14.9. The SMILES string of the molecule is CCc1cc(C(=O)NCC(C)(C)OC)cc(Cl)n1. The smallest absolute Gasteiger partial charge is 0.251 e. The molecule has 0 aliphatic rings. The summed E-state index contributed by atoms with van der Waals surface area (Å²) in [6.07, 6.45) is 0.740. The quantitative estimate of drug-likeness (QED) is 0.836. The average molecular weight is 271 g/mol. The molecule has 1 N–H and O–H groups in total. The van der Waals surface area contributed by atoms with Gasteiger partial charge in [0.2, 0.25) is 0 Å². The molecule has 1 rings (SSSR count). The fraction of sp³-hybridized carbons (Fsp3) is 0.538. The van der Waals surface area contributed by atoms with Gasteiger partial charge in [-0.25, -0.2) is 4.98 Å². The number of amides is 1. The molecular weight excluding hydrogens is 252 g/mol. The molecule has 5 heteroatoms. The third kappa shape index (κ3) is 4.27. The fourth-order valence-electron chi connectivity index (χ4n) is 1.33. The second-order valence-corrected chi connectivity index (χ2v) is 5.06. The van der Waals surface area contributed by atoms with E-state index in [0.29, 0.717) is 17.3 Å². The summed E-state index contributed by atoms with van der Waals surface area (Å²) in [6.45, 7) is 6.21. The number of ether oxygens (including phenoxy) is 1. The van der Waals surface area contributed by atoms with Crippen molar-refractivity contribution in [3.05, 3.63) is 28.5 Å². The summed E-state index contributed by atoms with van der Waals surface area (Å²) in [6, 6.07) is 3.32. The number of nitrogens with one attached hydrogen (secondary N) is 1. The third-order valence-corrected chi connectivity index (χ3v) is 2.89. The highest BCUT2D eigenvalue weighted by Crippen LogP contribution is 2.12. The fourth-order valence-corrected chi connectivity index (χ4v) is 1.56. The lowest BCUT2D eigenvalue weighted by Crippen LogP contribution is -2.39. The van der Waals surface area contributed by atoms with Gasteiger partial charge in [0.25, 0.3) is 5.91 Å². The number of halogens is 1. The lowest BCUT2D eigenvalue weighted by Gasteiger charge is -2.23. The minimum absolute atomic E-state index is 0.167. The molecule has 0 saturated heterocycles. The Balaban J connectivity index is 2.75. The van der Waals surface area contributed by atoms with E-state index in [-0.39, 0.29) is 11.5 Å². The minimum atomic E-state index is -0.389. The summed E-state index contributed by atoms with van der Waals surface area (Å²) in [7, 11) is 1.62. The van der Waals surface area contributed by atoms with E-state index < -0.39 is 0 Å². The number of nitrogens with zero attached hydrogens (tertiary/aromatic N) is 1. The van der Waals surface area contributed by atoms with Crippen LogP contribution in [0.2, 0.25) is 5.15 Å². The maximum absolute atomic E-state index is 12.0. The lowest BCUT2D eigenvalue weighted by atomic mass is 10.1. The molecule has 0 atom stereocenters. The van der Waals surface area contributed by atoms with Crippen LogP contribution >= 0.6 is 11.6 Å². The molecule has 0 aliphatic carbocycles. The van der Waals surface area contributed by atoms with E-state index in [1.54, 1.807) is 19.2 Å². The number of rotatable bonds is 5. The van der Waals surface area contributed by atoms with Gasteiger partial charge >= 0.3 is 0 Å². The van der Waals surface area contributed by atoms with Gasteiger partial charge in [0.15, 0.2) is 0 Å². The molecule has 0 fully saturated rings.